The topological polar surface area (TPSA) is 78.1 Å². The standard InChI is InChI=1S/C15H22N4O2/c20-13(19-8-4-1-5-9-19)10-16-15(21)14-11-6-2-3-7-12(11)17-18-14/h1-10H2,(H,16,21)(H,17,18). The van der Waals surface area contributed by atoms with Crippen molar-refractivity contribution in [2.24, 2.45) is 0 Å². The van der Waals surface area contributed by atoms with Crippen LogP contribution < -0.4 is 5.32 Å². The minimum Gasteiger partial charge on any atom is -0.342 e. The summed E-state index contributed by atoms with van der Waals surface area (Å²) in [5.74, 6) is -0.229. The van der Waals surface area contributed by atoms with Gasteiger partial charge in [0.05, 0.1) is 6.54 Å². The summed E-state index contributed by atoms with van der Waals surface area (Å²) in [4.78, 5) is 26.1. The van der Waals surface area contributed by atoms with Crippen LogP contribution in [0.1, 0.15) is 53.8 Å². The summed E-state index contributed by atoms with van der Waals surface area (Å²) in [6.45, 7) is 1.69. The first kappa shape index (κ1) is 14.1. The number of hydrogen-bond donors (Lipinski definition) is 2. The lowest BCUT2D eigenvalue weighted by Crippen LogP contribution is -2.42. The van der Waals surface area contributed by atoms with Crippen LogP contribution in [-0.2, 0) is 17.6 Å². The lowest BCUT2D eigenvalue weighted by Gasteiger charge is -2.26. The molecule has 1 aromatic heterocycles. The maximum absolute atomic E-state index is 12.2. The fourth-order valence-electron chi connectivity index (χ4n) is 3.16. The van der Waals surface area contributed by atoms with E-state index in [0.29, 0.717) is 5.69 Å². The molecule has 2 N–H and O–H groups in total. The van der Waals surface area contributed by atoms with Crippen molar-refractivity contribution in [2.45, 2.75) is 44.9 Å². The summed E-state index contributed by atoms with van der Waals surface area (Å²) in [5, 5.41) is 9.80. The Bertz CT molecular complexity index is 532. The fourth-order valence-corrected chi connectivity index (χ4v) is 3.16. The number of fused-ring (bicyclic) bond motifs is 1. The van der Waals surface area contributed by atoms with Crippen LogP contribution in [0.3, 0.4) is 0 Å². The molecular weight excluding hydrogens is 268 g/mol. The molecule has 2 heterocycles. The second-order valence-corrected chi connectivity index (χ2v) is 5.86. The van der Waals surface area contributed by atoms with Gasteiger partial charge in [0.25, 0.3) is 5.91 Å². The molecule has 1 aromatic rings. The summed E-state index contributed by atoms with van der Waals surface area (Å²) in [7, 11) is 0. The molecule has 1 aliphatic heterocycles. The zero-order chi connectivity index (χ0) is 14.7. The Kier molecular flexibility index (Phi) is 4.22. The number of aromatic nitrogens is 2. The number of H-pyrrole nitrogens is 1. The van der Waals surface area contributed by atoms with E-state index in [0.717, 1.165) is 62.9 Å². The van der Waals surface area contributed by atoms with Crippen molar-refractivity contribution >= 4 is 11.8 Å². The zero-order valence-corrected chi connectivity index (χ0v) is 12.3. The molecule has 0 saturated carbocycles. The van der Waals surface area contributed by atoms with Gasteiger partial charge in [-0.3, -0.25) is 14.7 Å². The Morgan fingerprint density at radius 2 is 1.86 bits per heavy atom. The molecule has 6 nitrogen and oxygen atoms in total. The number of aryl methyl sites for hydroxylation is 1. The Hall–Kier alpha value is -1.85. The third kappa shape index (κ3) is 3.09. The monoisotopic (exact) mass is 290 g/mol. The molecular formula is C15H22N4O2. The second kappa shape index (κ2) is 6.28. The summed E-state index contributed by atoms with van der Waals surface area (Å²) in [6.07, 6.45) is 7.41. The Morgan fingerprint density at radius 3 is 2.67 bits per heavy atom. The normalized spacial score (nSPS) is 18.2. The van der Waals surface area contributed by atoms with Crippen LogP contribution in [-0.4, -0.2) is 46.5 Å². The highest BCUT2D eigenvalue weighted by Gasteiger charge is 2.23. The molecule has 0 aromatic carbocycles. The molecule has 1 aliphatic carbocycles. The molecule has 1 fully saturated rings. The third-order valence-electron chi connectivity index (χ3n) is 4.38. The van der Waals surface area contributed by atoms with Crippen LogP contribution in [0.4, 0.5) is 0 Å². The van der Waals surface area contributed by atoms with Crippen molar-refractivity contribution in [1.29, 1.82) is 0 Å². The Morgan fingerprint density at radius 1 is 1.10 bits per heavy atom. The first-order chi connectivity index (χ1) is 10.3. The predicted octanol–water partition coefficient (Wildman–Crippen LogP) is 1.03. The lowest BCUT2D eigenvalue weighted by atomic mass is 9.96. The van der Waals surface area contributed by atoms with Crippen molar-refractivity contribution < 1.29 is 9.59 Å². The van der Waals surface area contributed by atoms with E-state index in [9.17, 15) is 9.59 Å². The maximum atomic E-state index is 12.2. The largest absolute Gasteiger partial charge is 0.342 e. The first-order valence-corrected chi connectivity index (χ1v) is 7.88. The highest BCUT2D eigenvalue weighted by Crippen LogP contribution is 2.21. The summed E-state index contributed by atoms with van der Waals surface area (Å²) < 4.78 is 0. The molecule has 21 heavy (non-hydrogen) atoms. The number of carbonyl (C=O) groups excluding carboxylic acids is 2. The summed E-state index contributed by atoms with van der Waals surface area (Å²) in [5.41, 5.74) is 2.58. The fraction of sp³-hybridized carbons (Fsp3) is 0.667. The van der Waals surface area contributed by atoms with Crippen molar-refractivity contribution in [3.05, 3.63) is 17.0 Å². The van der Waals surface area contributed by atoms with E-state index in [4.69, 9.17) is 0 Å². The molecule has 0 radical (unpaired) electrons. The maximum Gasteiger partial charge on any atom is 0.272 e. The van der Waals surface area contributed by atoms with Crippen LogP contribution in [0.5, 0.6) is 0 Å². The van der Waals surface area contributed by atoms with Gasteiger partial charge in [0.15, 0.2) is 5.69 Å². The number of likely N-dealkylation sites (tertiary alicyclic amines) is 1. The van der Waals surface area contributed by atoms with E-state index in [1.165, 1.54) is 6.42 Å². The molecule has 6 heteroatoms. The number of carbonyl (C=O) groups is 2. The van der Waals surface area contributed by atoms with E-state index in [-0.39, 0.29) is 18.4 Å². The van der Waals surface area contributed by atoms with Gasteiger partial charge in [-0.25, -0.2) is 0 Å². The Labute approximate surface area is 124 Å². The third-order valence-corrected chi connectivity index (χ3v) is 4.38. The molecule has 2 aliphatic rings. The van der Waals surface area contributed by atoms with Gasteiger partial charge in [-0.05, 0) is 44.9 Å². The molecule has 3 rings (SSSR count). The van der Waals surface area contributed by atoms with Crippen LogP contribution >= 0.6 is 0 Å². The van der Waals surface area contributed by atoms with Gasteiger partial charge in [-0.15, -0.1) is 0 Å². The van der Waals surface area contributed by atoms with Gasteiger partial charge in [0.2, 0.25) is 5.91 Å². The minimum absolute atomic E-state index is 0.00690. The summed E-state index contributed by atoms with van der Waals surface area (Å²) >= 11 is 0. The van der Waals surface area contributed by atoms with Crippen LogP contribution in [0.2, 0.25) is 0 Å². The number of hydrogen-bond acceptors (Lipinski definition) is 3. The molecule has 1 saturated heterocycles. The molecule has 0 atom stereocenters. The zero-order valence-electron chi connectivity index (χ0n) is 12.3. The molecule has 0 bridgehead atoms. The summed E-state index contributed by atoms with van der Waals surface area (Å²) in [6, 6.07) is 0. The van der Waals surface area contributed by atoms with E-state index in [1.54, 1.807) is 0 Å². The SMILES string of the molecule is O=C(NCC(=O)N1CCCCC1)c1n[nH]c2c1CCCC2. The average molecular weight is 290 g/mol. The van der Waals surface area contributed by atoms with Gasteiger partial charge >= 0.3 is 0 Å². The lowest BCUT2D eigenvalue weighted by molar-refractivity contribution is -0.130. The van der Waals surface area contributed by atoms with E-state index >= 15 is 0 Å². The molecule has 114 valence electrons. The highest BCUT2D eigenvalue weighted by molar-refractivity contribution is 5.96. The highest BCUT2D eigenvalue weighted by atomic mass is 16.2. The quantitative estimate of drug-likeness (QED) is 0.873. The van der Waals surface area contributed by atoms with Gasteiger partial charge in [0.1, 0.15) is 0 Å². The van der Waals surface area contributed by atoms with Crippen molar-refractivity contribution in [1.82, 2.24) is 20.4 Å². The average Bonchev–Trinajstić information content (AvgIpc) is 2.97. The first-order valence-electron chi connectivity index (χ1n) is 7.88. The number of piperidine rings is 1. The van der Waals surface area contributed by atoms with E-state index in [2.05, 4.69) is 15.5 Å². The Balaban J connectivity index is 1.56. The van der Waals surface area contributed by atoms with Gasteiger partial charge in [-0.1, -0.05) is 0 Å². The predicted molar refractivity (Wildman–Crippen MR) is 78.0 cm³/mol. The number of nitrogens with zero attached hydrogens (tertiary/aromatic N) is 2. The number of nitrogens with one attached hydrogen (secondary N) is 2. The van der Waals surface area contributed by atoms with Crippen molar-refractivity contribution in [3.63, 3.8) is 0 Å². The molecule has 2 amide bonds. The van der Waals surface area contributed by atoms with Crippen molar-refractivity contribution in [3.8, 4) is 0 Å². The molecule has 0 spiro atoms. The van der Waals surface area contributed by atoms with Gasteiger partial charge in [-0.2, -0.15) is 5.10 Å². The number of rotatable bonds is 3. The van der Waals surface area contributed by atoms with Gasteiger partial charge in [0, 0.05) is 24.3 Å². The van der Waals surface area contributed by atoms with E-state index < -0.39 is 0 Å². The van der Waals surface area contributed by atoms with E-state index in [1.807, 2.05) is 4.90 Å². The van der Waals surface area contributed by atoms with Crippen LogP contribution in [0, 0.1) is 0 Å². The van der Waals surface area contributed by atoms with Crippen LogP contribution in [0.25, 0.3) is 0 Å². The minimum atomic E-state index is -0.236. The second-order valence-electron chi connectivity index (χ2n) is 5.86. The van der Waals surface area contributed by atoms with Crippen LogP contribution in [0.15, 0.2) is 0 Å². The number of amides is 2. The number of aromatic amines is 1. The molecule has 0 unspecified atom stereocenters. The van der Waals surface area contributed by atoms with Crippen molar-refractivity contribution in [2.75, 3.05) is 19.6 Å². The smallest absolute Gasteiger partial charge is 0.272 e. The van der Waals surface area contributed by atoms with Gasteiger partial charge < -0.3 is 10.2 Å².